The zero-order valence-electron chi connectivity index (χ0n) is 14.7. The van der Waals surface area contributed by atoms with E-state index in [0.29, 0.717) is 11.1 Å². The summed E-state index contributed by atoms with van der Waals surface area (Å²) in [5, 5.41) is 6.76. The molecule has 6 heteroatoms. The molecule has 3 rings (SSSR count). The first-order valence-corrected chi connectivity index (χ1v) is 8.33. The molecule has 0 saturated carbocycles. The molecule has 2 amide bonds. The number of hydrazone groups is 1. The number of carbonyl (C=O) groups is 2. The molecule has 0 atom stereocenters. The first-order valence-electron chi connectivity index (χ1n) is 8.33. The minimum absolute atomic E-state index is 0.188. The number of rotatable bonds is 5. The number of amides is 2. The highest BCUT2D eigenvalue weighted by molar-refractivity contribution is 6.04. The topological polar surface area (TPSA) is 83.5 Å². The lowest BCUT2D eigenvalue weighted by Gasteiger charge is -2.06. The predicted octanol–water partition coefficient (Wildman–Crippen LogP) is 3.41. The van der Waals surface area contributed by atoms with Gasteiger partial charge in [0.1, 0.15) is 0 Å². The largest absolute Gasteiger partial charge is 0.322 e. The highest BCUT2D eigenvalue weighted by Gasteiger charge is 2.06. The van der Waals surface area contributed by atoms with Gasteiger partial charge in [0.2, 0.25) is 0 Å². The van der Waals surface area contributed by atoms with Gasteiger partial charge < -0.3 is 5.32 Å². The zero-order valence-corrected chi connectivity index (χ0v) is 14.7. The Bertz CT molecular complexity index is 950. The first-order chi connectivity index (χ1) is 13.1. The van der Waals surface area contributed by atoms with Crippen molar-refractivity contribution in [2.24, 2.45) is 5.10 Å². The van der Waals surface area contributed by atoms with Crippen molar-refractivity contribution in [3.05, 3.63) is 95.3 Å². The summed E-state index contributed by atoms with van der Waals surface area (Å²) in [4.78, 5) is 28.0. The molecule has 0 bridgehead atoms. The third-order valence-electron chi connectivity index (χ3n) is 3.79. The Morgan fingerprint density at radius 3 is 2.33 bits per heavy atom. The Kier molecular flexibility index (Phi) is 5.69. The fourth-order valence-corrected chi connectivity index (χ4v) is 2.29. The number of hydrogen-bond donors (Lipinski definition) is 2. The average molecular weight is 358 g/mol. The van der Waals surface area contributed by atoms with E-state index in [0.717, 1.165) is 16.8 Å². The van der Waals surface area contributed by atoms with Crippen molar-refractivity contribution in [2.45, 2.75) is 6.92 Å². The molecule has 0 aliphatic carbocycles. The molecular weight excluding hydrogens is 340 g/mol. The third kappa shape index (κ3) is 5.09. The molecule has 0 aliphatic heterocycles. The van der Waals surface area contributed by atoms with Crippen LogP contribution in [0.25, 0.3) is 0 Å². The van der Waals surface area contributed by atoms with Crippen molar-refractivity contribution in [1.82, 2.24) is 10.4 Å². The van der Waals surface area contributed by atoms with Crippen molar-refractivity contribution < 1.29 is 9.59 Å². The molecule has 2 N–H and O–H groups in total. The van der Waals surface area contributed by atoms with Crippen molar-refractivity contribution in [1.29, 1.82) is 0 Å². The van der Waals surface area contributed by atoms with Gasteiger partial charge in [0, 0.05) is 23.6 Å². The van der Waals surface area contributed by atoms with E-state index in [2.05, 4.69) is 20.8 Å². The van der Waals surface area contributed by atoms with E-state index in [9.17, 15) is 9.59 Å². The maximum absolute atomic E-state index is 12.3. The summed E-state index contributed by atoms with van der Waals surface area (Å²) in [5.74, 6) is -0.527. The quantitative estimate of drug-likeness (QED) is 0.541. The zero-order chi connectivity index (χ0) is 19.1. The number of benzene rings is 2. The van der Waals surface area contributed by atoms with Gasteiger partial charge in [-0.05, 0) is 48.9 Å². The highest BCUT2D eigenvalue weighted by Crippen LogP contribution is 2.11. The molecular formula is C21H18N4O2. The summed E-state index contributed by atoms with van der Waals surface area (Å²) in [6.07, 6.45) is 4.57. The van der Waals surface area contributed by atoms with Crippen LogP contribution < -0.4 is 10.7 Å². The van der Waals surface area contributed by atoms with E-state index in [-0.39, 0.29) is 11.8 Å². The van der Waals surface area contributed by atoms with Crippen molar-refractivity contribution in [3.63, 3.8) is 0 Å². The van der Waals surface area contributed by atoms with Gasteiger partial charge in [-0.3, -0.25) is 14.6 Å². The fourth-order valence-electron chi connectivity index (χ4n) is 2.29. The summed E-state index contributed by atoms with van der Waals surface area (Å²) < 4.78 is 0. The molecule has 0 saturated heterocycles. The molecule has 0 radical (unpaired) electrons. The van der Waals surface area contributed by atoms with Gasteiger partial charge >= 0.3 is 0 Å². The second-order valence-electron chi connectivity index (χ2n) is 5.88. The summed E-state index contributed by atoms with van der Waals surface area (Å²) >= 11 is 0. The Labute approximate surface area is 157 Å². The minimum Gasteiger partial charge on any atom is -0.322 e. The molecule has 0 spiro atoms. The number of aromatic nitrogens is 1. The second-order valence-corrected chi connectivity index (χ2v) is 5.88. The van der Waals surface area contributed by atoms with Crippen LogP contribution in [-0.4, -0.2) is 23.0 Å². The Balaban J connectivity index is 1.57. The Morgan fingerprint density at radius 1 is 0.926 bits per heavy atom. The molecule has 134 valence electrons. The van der Waals surface area contributed by atoms with Gasteiger partial charge in [-0.2, -0.15) is 5.10 Å². The van der Waals surface area contributed by atoms with Crippen molar-refractivity contribution >= 4 is 23.7 Å². The summed E-state index contributed by atoms with van der Waals surface area (Å²) in [6, 6.07) is 17.8. The van der Waals surface area contributed by atoms with E-state index in [1.807, 2.05) is 31.2 Å². The Morgan fingerprint density at radius 2 is 1.67 bits per heavy atom. The molecule has 3 aromatic rings. The smallest absolute Gasteiger partial charge is 0.272 e. The molecule has 1 heterocycles. The van der Waals surface area contributed by atoms with Crippen LogP contribution in [0.3, 0.4) is 0 Å². The normalized spacial score (nSPS) is 10.6. The predicted molar refractivity (Wildman–Crippen MR) is 105 cm³/mol. The van der Waals surface area contributed by atoms with Crippen LogP contribution in [0.5, 0.6) is 0 Å². The second kappa shape index (κ2) is 8.53. The molecule has 0 aliphatic rings. The number of carbonyl (C=O) groups excluding carboxylic acids is 2. The van der Waals surface area contributed by atoms with Crippen molar-refractivity contribution in [2.75, 3.05) is 5.32 Å². The van der Waals surface area contributed by atoms with E-state index in [1.54, 1.807) is 42.6 Å². The lowest BCUT2D eigenvalue weighted by Crippen LogP contribution is -2.17. The number of aryl methyl sites for hydroxylation is 1. The number of nitrogens with zero attached hydrogens (tertiary/aromatic N) is 2. The number of pyridine rings is 1. The van der Waals surface area contributed by atoms with Crippen LogP contribution in [0.15, 0.2) is 78.2 Å². The monoisotopic (exact) mass is 358 g/mol. The summed E-state index contributed by atoms with van der Waals surface area (Å²) in [6.45, 7) is 1.99. The average Bonchev–Trinajstić information content (AvgIpc) is 2.71. The van der Waals surface area contributed by atoms with Crippen LogP contribution >= 0.6 is 0 Å². The van der Waals surface area contributed by atoms with Crippen LogP contribution in [0.2, 0.25) is 0 Å². The first kappa shape index (κ1) is 18.0. The van der Waals surface area contributed by atoms with Crippen molar-refractivity contribution in [3.8, 4) is 0 Å². The molecule has 27 heavy (non-hydrogen) atoms. The minimum atomic E-state index is -0.339. The molecule has 1 aromatic heterocycles. The standard InChI is InChI=1S/C21H18N4O2/c1-15-4-10-19(11-5-15)24-20(26)17-8-6-16(7-9-17)13-23-25-21(27)18-3-2-12-22-14-18/h2-14H,1H3,(H,24,26)(H,25,27)/b23-13+. The fraction of sp³-hybridized carbons (Fsp3) is 0.0476. The number of nitrogens with one attached hydrogen (secondary N) is 2. The summed E-state index contributed by atoms with van der Waals surface area (Å²) in [5.41, 5.74) is 6.03. The van der Waals surface area contributed by atoms with Gasteiger partial charge in [-0.25, -0.2) is 5.43 Å². The lowest BCUT2D eigenvalue weighted by molar-refractivity contribution is 0.0954. The molecule has 6 nitrogen and oxygen atoms in total. The Hall–Kier alpha value is -3.80. The molecule has 2 aromatic carbocycles. The van der Waals surface area contributed by atoms with Gasteiger partial charge in [0.05, 0.1) is 11.8 Å². The lowest BCUT2D eigenvalue weighted by atomic mass is 10.1. The van der Waals surface area contributed by atoms with E-state index >= 15 is 0 Å². The van der Waals surface area contributed by atoms with Crippen LogP contribution in [0.4, 0.5) is 5.69 Å². The van der Waals surface area contributed by atoms with E-state index in [4.69, 9.17) is 0 Å². The maximum Gasteiger partial charge on any atom is 0.272 e. The van der Waals surface area contributed by atoms with Gasteiger partial charge in [0.15, 0.2) is 0 Å². The van der Waals surface area contributed by atoms with Gasteiger partial charge in [-0.1, -0.05) is 29.8 Å². The summed E-state index contributed by atoms with van der Waals surface area (Å²) in [7, 11) is 0. The van der Waals surface area contributed by atoms with E-state index < -0.39 is 0 Å². The van der Waals surface area contributed by atoms with Crippen LogP contribution in [-0.2, 0) is 0 Å². The molecule has 0 unspecified atom stereocenters. The van der Waals surface area contributed by atoms with Gasteiger partial charge in [-0.15, -0.1) is 0 Å². The third-order valence-corrected chi connectivity index (χ3v) is 3.79. The van der Waals surface area contributed by atoms with Crippen LogP contribution in [0.1, 0.15) is 31.8 Å². The number of hydrogen-bond acceptors (Lipinski definition) is 4. The van der Waals surface area contributed by atoms with Gasteiger partial charge in [0.25, 0.3) is 11.8 Å². The van der Waals surface area contributed by atoms with E-state index in [1.165, 1.54) is 12.4 Å². The SMILES string of the molecule is Cc1ccc(NC(=O)c2ccc(/C=N/NC(=O)c3cccnc3)cc2)cc1. The highest BCUT2D eigenvalue weighted by atomic mass is 16.2. The van der Waals surface area contributed by atoms with Crippen LogP contribution in [0, 0.1) is 6.92 Å². The molecule has 0 fully saturated rings. The maximum atomic E-state index is 12.3. The number of anilines is 1.